The minimum absolute atomic E-state index is 0.00783. The molecule has 0 aliphatic carbocycles. The average molecular weight is 322 g/mol. The maximum absolute atomic E-state index is 12.5. The number of fused-ring (bicyclic) bond motifs is 1. The quantitative estimate of drug-likeness (QED) is 0.624. The Balaban J connectivity index is 1.71. The third-order valence-electron chi connectivity index (χ3n) is 4.21. The predicted octanol–water partition coefficient (Wildman–Crippen LogP) is 3.34. The fourth-order valence-electron chi connectivity index (χ4n) is 3.00. The molecule has 0 spiro atoms. The van der Waals surface area contributed by atoms with E-state index in [0.717, 1.165) is 28.5 Å². The number of hydrogen-bond acceptors (Lipinski definition) is 2. The minimum atomic E-state index is -0.0731. The van der Waals surface area contributed by atoms with Gasteiger partial charge in [-0.3, -0.25) is 4.79 Å². The summed E-state index contributed by atoms with van der Waals surface area (Å²) in [5.41, 5.74) is 3.11. The van der Waals surface area contributed by atoms with Crippen molar-refractivity contribution in [3.05, 3.63) is 71.9 Å². The van der Waals surface area contributed by atoms with Crippen LogP contribution in [0.3, 0.4) is 0 Å². The van der Waals surface area contributed by atoms with Crippen LogP contribution in [0.25, 0.3) is 10.9 Å². The van der Waals surface area contributed by atoms with Gasteiger partial charge < -0.3 is 15.4 Å². The van der Waals surface area contributed by atoms with Crippen LogP contribution in [0.15, 0.2) is 60.8 Å². The summed E-state index contributed by atoms with van der Waals surface area (Å²) in [6, 6.07) is 17.8. The highest BCUT2D eigenvalue weighted by Crippen LogP contribution is 2.20. The lowest BCUT2D eigenvalue weighted by Crippen LogP contribution is -2.30. The van der Waals surface area contributed by atoms with E-state index in [1.54, 1.807) is 0 Å². The summed E-state index contributed by atoms with van der Waals surface area (Å²) < 4.78 is 0. The number of hydrogen-bond donors (Lipinski definition) is 3. The van der Waals surface area contributed by atoms with E-state index in [1.807, 2.05) is 60.8 Å². The maximum Gasteiger partial charge on any atom is 0.224 e. The summed E-state index contributed by atoms with van der Waals surface area (Å²) >= 11 is 0. The topological polar surface area (TPSA) is 65.1 Å². The first kappa shape index (κ1) is 16.3. The van der Waals surface area contributed by atoms with Gasteiger partial charge in [0, 0.05) is 23.7 Å². The Labute approximate surface area is 141 Å². The lowest BCUT2D eigenvalue weighted by molar-refractivity contribution is -0.121. The molecule has 4 heteroatoms. The standard InChI is InChI=1S/C20H22N2O2/c23-12-6-11-18(15-7-2-1-3-8-15)22-20(24)13-16-14-21-19-10-5-4-9-17(16)19/h1-5,7-10,14,18,21,23H,6,11-13H2,(H,22,24). The molecule has 1 atom stereocenters. The van der Waals surface area contributed by atoms with E-state index in [0.29, 0.717) is 12.8 Å². The molecule has 0 aliphatic heterocycles. The van der Waals surface area contributed by atoms with Gasteiger partial charge in [0.05, 0.1) is 12.5 Å². The lowest BCUT2D eigenvalue weighted by Gasteiger charge is -2.19. The molecule has 124 valence electrons. The van der Waals surface area contributed by atoms with Crippen molar-refractivity contribution in [1.29, 1.82) is 0 Å². The Morgan fingerprint density at radius 2 is 1.83 bits per heavy atom. The van der Waals surface area contributed by atoms with Crippen LogP contribution in [-0.4, -0.2) is 22.6 Å². The molecular weight excluding hydrogens is 300 g/mol. The number of rotatable bonds is 7. The molecule has 0 fully saturated rings. The fourth-order valence-corrected chi connectivity index (χ4v) is 3.00. The molecule has 4 nitrogen and oxygen atoms in total. The van der Waals surface area contributed by atoms with Gasteiger partial charge in [0.2, 0.25) is 5.91 Å². The van der Waals surface area contributed by atoms with Crippen molar-refractivity contribution in [3.8, 4) is 0 Å². The minimum Gasteiger partial charge on any atom is -0.396 e. The van der Waals surface area contributed by atoms with Crippen LogP contribution >= 0.6 is 0 Å². The number of aliphatic hydroxyl groups is 1. The fraction of sp³-hybridized carbons (Fsp3) is 0.250. The first-order valence-corrected chi connectivity index (χ1v) is 8.28. The maximum atomic E-state index is 12.5. The van der Waals surface area contributed by atoms with Crippen LogP contribution in [0.1, 0.15) is 30.0 Å². The van der Waals surface area contributed by atoms with E-state index in [2.05, 4.69) is 10.3 Å². The molecule has 0 aliphatic rings. The van der Waals surface area contributed by atoms with Crippen molar-refractivity contribution >= 4 is 16.8 Å². The summed E-state index contributed by atoms with van der Waals surface area (Å²) in [4.78, 5) is 15.7. The van der Waals surface area contributed by atoms with E-state index in [1.165, 1.54) is 0 Å². The summed E-state index contributed by atoms with van der Waals surface area (Å²) in [5.74, 6) is -0.00783. The summed E-state index contributed by atoms with van der Waals surface area (Å²) in [5, 5.41) is 13.3. The number of H-pyrrole nitrogens is 1. The van der Waals surface area contributed by atoms with E-state index in [-0.39, 0.29) is 18.6 Å². The molecule has 0 saturated heterocycles. The second-order valence-corrected chi connectivity index (χ2v) is 5.93. The Bertz CT molecular complexity index is 796. The van der Waals surface area contributed by atoms with Gasteiger partial charge in [-0.25, -0.2) is 0 Å². The van der Waals surface area contributed by atoms with Crippen molar-refractivity contribution in [1.82, 2.24) is 10.3 Å². The second kappa shape index (κ2) is 7.79. The third kappa shape index (κ3) is 3.84. The van der Waals surface area contributed by atoms with Gasteiger partial charge >= 0.3 is 0 Å². The molecule has 1 aromatic heterocycles. The normalized spacial score (nSPS) is 12.2. The molecular formula is C20H22N2O2. The highest BCUT2D eigenvalue weighted by atomic mass is 16.3. The van der Waals surface area contributed by atoms with Gasteiger partial charge in [-0.15, -0.1) is 0 Å². The summed E-state index contributed by atoms with van der Waals surface area (Å²) in [6.07, 6.45) is 3.62. The van der Waals surface area contributed by atoms with Crippen LogP contribution in [0, 0.1) is 0 Å². The number of aromatic nitrogens is 1. The van der Waals surface area contributed by atoms with Gasteiger partial charge in [0.1, 0.15) is 0 Å². The Morgan fingerprint density at radius 1 is 1.08 bits per heavy atom. The Morgan fingerprint density at radius 3 is 2.62 bits per heavy atom. The van der Waals surface area contributed by atoms with Crippen LogP contribution in [0.4, 0.5) is 0 Å². The van der Waals surface area contributed by atoms with Crippen LogP contribution in [-0.2, 0) is 11.2 Å². The number of aromatic amines is 1. The number of aliphatic hydroxyl groups excluding tert-OH is 1. The number of carbonyl (C=O) groups excluding carboxylic acids is 1. The largest absolute Gasteiger partial charge is 0.396 e. The smallest absolute Gasteiger partial charge is 0.224 e. The Hall–Kier alpha value is -2.59. The molecule has 1 amide bonds. The monoisotopic (exact) mass is 322 g/mol. The number of para-hydroxylation sites is 1. The number of carbonyl (C=O) groups is 1. The first-order valence-electron chi connectivity index (χ1n) is 8.28. The van der Waals surface area contributed by atoms with Crippen LogP contribution < -0.4 is 5.32 Å². The zero-order chi connectivity index (χ0) is 16.8. The Kier molecular flexibility index (Phi) is 5.29. The van der Waals surface area contributed by atoms with Gasteiger partial charge in [-0.1, -0.05) is 48.5 Å². The first-order chi connectivity index (χ1) is 11.8. The van der Waals surface area contributed by atoms with Gasteiger partial charge in [0.25, 0.3) is 0 Å². The van der Waals surface area contributed by atoms with E-state index >= 15 is 0 Å². The summed E-state index contributed by atoms with van der Waals surface area (Å²) in [6.45, 7) is 0.127. The van der Waals surface area contributed by atoms with Crippen molar-refractivity contribution in [2.45, 2.75) is 25.3 Å². The molecule has 0 radical (unpaired) electrons. The van der Waals surface area contributed by atoms with Gasteiger partial charge in [0.15, 0.2) is 0 Å². The number of nitrogens with one attached hydrogen (secondary N) is 2. The molecule has 24 heavy (non-hydrogen) atoms. The van der Waals surface area contributed by atoms with Crippen molar-refractivity contribution in [2.24, 2.45) is 0 Å². The van der Waals surface area contributed by atoms with Gasteiger partial charge in [-0.05, 0) is 30.0 Å². The number of benzene rings is 2. The summed E-state index contributed by atoms with van der Waals surface area (Å²) in [7, 11) is 0. The highest BCUT2D eigenvalue weighted by Gasteiger charge is 2.15. The predicted molar refractivity (Wildman–Crippen MR) is 95.6 cm³/mol. The molecule has 1 heterocycles. The molecule has 0 bridgehead atoms. The van der Waals surface area contributed by atoms with Crippen molar-refractivity contribution in [2.75, 3.05) is 6.61 Å². The highest BCUT2D eigenvalue weighted by molar-refractivity contribution is 5.88. The molecule has 0 saturated carbocycles. The van der Waals surface area contributed by atoms with E-state index < -0.39 is 0 Å². The zero-order valence-electron chi connectivity index (χ0n) is 13.5. The molecule has 1 unspecified atom stereocenters. The molecule has 2 aromatic carbocycles. The van der Waals surface area contributed by atoms with Crippen molar-refractivity contribution < 1.29 is 9.90 Å². The zero-order valence-corrected chi connectivity index (χ0v) is 13.5. The second-order valence-electron chi connectivity index (χ2n) is 5.93. The third-order valence-corrected chi connectivity index (χ3v) is 4.21. The lowest BCUT2D eigenvalue weighted by atomic mass is 10.0. The van der Waals surface area contributed by atoms with Gasteiger partial charge in [-0.2, -0.15) is 0 Å². The SMILES string of the molecule is O=C(Cc1c[nH]c2ccccc12)NC(CCCO)c1ccccc1. The van der Waals surface area contributed by atoms with E-state index in [9.17, 15) is 4.79 Å². The number of amides is 1. The van der Waals surface area contributed by atoms with Crippen molar-refractivity contribution in [3.63, 3.8) is 0 Å². The molecule has 3 rings (SSSR count). The van der Waals surface area contributed by atoms with E-state index in [4.69, 9.17) is 5.11 Å². The average Bonchev–Trinajstić information content (AvgIpc) is 3.02. The van der Waals surface area contributed by atoms with Crippen LogP contribution in [0.2, 0.25) is 0 Å². The molecule has 3 N–H and O–H groups in total. The molecule has 3 aromatic rings. The van der Waals surface area contributed by atoms with Crippen LogP contribution in [0.5, 0.6) is 0 Å².